The molecule has 0 bridgehead atoms. The predicted molar refractivity (Wildman–Crippen MR) is 118 cm³/mol. The van der Waals surface area contributed by atoms with Crippen molar-refractivity contribution in [2.24, 2.45) is 11.8 Å². The second-order valence-corrected chi connectivity index (χ2v) is 8.38. The van der Waals surface area contributed by atoms with Crippen LogP contribution in [0.2, 0.25) is 0 Å². The molecule has 1 aromatic rings. The van der Waals surface area contributed by atoms with E-state index in [-0.39, 0.29) is 11.1 Å². The minimum absolute atomic E-state index is 0.0212. The SMILES string of the molecule is CCCCCCCCCOC(=O)C1CCCCC1C(=O)OC(=O)c1cccc(C(=O)O)c1. The number of carboxylic acids is 1. The highest BCUT2D eigenvalue weighted by Crippen LogP contribution is 2.32. The second-order valence-electron chi connectivity index (χ2n) is 8.38. The predicted octanol–water partition coefficient (Wildman–Crippen LogP) is 5.17. The van der Waals surface area contributed by atoms with Crippen LogP contribution in [0.25, 0.3) is 0 Å². The van der Waals surface area contributed by atoms with E-state index in [1.54, 1.807) is 0 Å². The molecule has 0 radical (unpaired) electrons. The van der Waals surface area contributed by atoms with Crippen molar-refractivity contribution in [2.75, 3.05) is 6.61 Å². The molecule has 7 heteroatoms. The summed E-state index contributed by atoms with van der Waals surface area (Å²) in [6.45, 7) is 2.52. The molecule has 1 aliphatic rings. The van der Waals surface area contributed by atoms with Gasteiger partial charge in [-0.05, 0) is 37.5 Å². The third kappa shape index (κ3) is 8.09. The maximum atomic E-state index is 12.6. The first-order chi connectivity index (χ1) is 15.4. The number of rotatable bonds is 12. The van der Waals surface area contributed by atoms with Crippen LogP contribution in [-0.4, -0.2) is 35.6 Å². The lowest BCUT2D eigenvalue weighted by atomic mass is 9.79. The van der Waals surface area contributed by atoms with Crippen LogP contribution in [0, 0.1) is 11.8 Å². The van der Waals surface area contributed by atoms with E-state index in [9.17, 15) is 19.2 Å². The Bertz CT molecular complexity index is 786. The van der Waals surface area contributed by atoms with E-state index < -0.39 is 35.7 Å². The fourth-order valence-corrected chi connectivity index (χ4v) is 4.04. The van der Waals surface area contributed by atoms with Gasteiger partial charge in [0.1, 0.15) is 0 Å². The average molecular weight is 447 g/mol. The minimum Gasteiger partial charge on any atom is -0.478 e. The third-order valence-corrected chi connectivity index (χ3v) is 5.90. The van der Waals surface area contributed by atoms with Crippen LogP contribution in [0.15, 0.2) is 24.3 Å². The lowest BCUT2D eigenvalue weighted by Gasteiger charge is -2.27. The summed E-state index contributed by atoms with van der Waals surface area (Å²) in [6, 6.07) is 5.30. The standard InChI is InChI=1S/C25H34O7/c1-2-3-4-5-6-7-10-16-31-24(29)20-14-8-9-15-21(20)25(30)32-23(28)19-13-11-12-18(17-19)22(26)27/h11-13,17,20-21H,2-10,14-16H2,1H3,(H,26,27). The highest BCUT2D eigenvalue weighted by atomic mass is 16.6. The Hall–Kier alpha value is -2.70. The Labute approximate surface area is 189 Å². The summed E-state index contributed by atoms with van der Waals surface area (Å²) in [5.74, 6) is -4.59. The first-order valence-electron chi connectivity index (χ1n) is 11.7. The van der Waals surface area contributed by atoms with E-state index in [0.29, 0.717) is 19.4 Å². The number of esters is 3. The lowest BCUT2D eigenvalue weighted by molar-refractivity contribution is -0.160. The number of hydrogen-bond donors (Lipinski definition) is 1. The van der Waals surface area contributed by atoms with Gasteiger partial charge in [0, 0.05) is 0 Å². The molecule has 1 aromatic carbocycles. The van der Waals surface area contributed by atoms with Gasteiger partial charge in [-0.3, -0.25) is 9.59 Å². The smallest absolute Gasteiger partial charge is 0.345 e. The fraction of sp³-hybridized carbons (Fsp3) is 0.600. The molecular formula is C25H34O7. The summed E-state index contributed by atoms with van der Waals surface area (Å²) in [5, 5.41) is 9.06. The van der Waals surface area contributed by atoms with Gasteiger partial charge in [0.05, 0.1) is 29.6 Å². The monoisotopic (exact) mass is 446 g/mol. The summed E-state index contributed by atoms with van der Waals surface area (Å²) >= 11 is 0. The molecule has 0 spiro atoms. The number of unbranched alkanes of at least 4 members (excludes halogenated alkanes) is 6. The Morgan fingerprint density at radius 1 is 0.875 bits per heavy atom. The Balaban J connectivity index is 1.84. The van der Waals surface area contributed by atoms with Gasteiger partial charge < -0.3 is 14.6 Å². The first-order valence-corrected chi connectivity index (χ1v) is 11.7. The van der Waals surface area contributed by atoms with Crippen LogP contribution in [0.1, 0.15) is 98.3 Å². The molecule has 2 unspecified atom stereocenters. The maximum Gasteiger partial charge on any atom is 0.345 e. The Morgan fingerprint density at radius 2 is 1.47 bits per heavy atom. The maximum absolute atomic E-state index is 12.6. The van der Waals surface area contributed by atoms with E-state index in [2.05, 4.69) is 6.92 Å². The molecule has 7 nitrogen and oxygen atoms in total. The van der Waals surface area contributed by atoms with Crippen LogP contribution in [0.5, 0.6) is 0 Å². The van der Waals surface area contributed by atoms with E-state index in [1.807, 2.05) is 0 Å². The number of aromatic carboxylic acids is 1. The number of ether oxygens (including phenoxy) is 2. The number of carbonyl (C=O) groups excluding carboxylic acids is 3. The average Bonchev–Trinajstić information content (AvgIpc) is 2.80. The summed E-state index contributed by atoms with van der Waals surface area (Å²) < 4.78 is 10.4. The van der Waals surface area contributed by atoms with Crippen molar-refractivity contribution in [3.05, 3.63) is 35.4 Å². The van der Waals surface area contributed by atoms with Crippen molar-refractivity contribution in [1.29, 1.82) is 0 Å². The van der Waals surface area contributed by atoms with Crippen molar-refractivity contribution < 1.29 is 33.8 Å². The van der Waals surface area contributed by atoms with Gasteiger partial charge in [-0.1, -0.05) is 64.4 Å². The second kappa shape index (κ2) is 13.7. The molecule has 0 saturated heterocycles. The van der Waals surface area contributed by atoms with Gasteiger partial charge in [-0.15, -0.1) is 0 Å². The lowest BCUT2D eigenvalue weighted by Crippen LogP contribution is -2.36. The fourth-order valence-electron chi connectivity index (χ4n) is 4.04. The molecule has 2 atom stereocenters. The summed E-state index contributed by atoms with van der Waals surface area (Å²) in [5.41, 5.74) is -0.0940. The van der Waals surface area contributed by atoms with E-state index in [1.165, 1.54) is 43.9 Å². The van der Waals surface area contributed by atoms with Crippen molar-refractivity contribution in [1.82, 2.24) is 0 Å². The molecule has 1 N–H and O–H groups in total. The van der Waals surface area contributed by atoms with Gasteiger partial charge in [-0.2, -0.15) is 0 Å². The largest absolute Gasteiger partial charge is 0.478 e. The number of benzene rings is 1. The zero-order valence-corrected chi connectivity index (χ0v) is 18.8. The molecule has 0 aromatic heterocycles. The Morgan fingerprint density at radius 3 is 2.12 bits per heavy atom. The molecule has 176 valence electrons. The zero-order valence-electron chi connectivity index (χ0n) is 18.8. The van der Waals surface area contributed by atoms with Gasteiger partial charge in [0.25, 0.3) is 0 Å². The molecule has 0 heterocycles. The van der Waals surface area contributed by atoms with Crippen molar-refractivity contribution >= 4 is 23.9 Å². The van der Waals surface area contributed by atoms with Gasteiger partial charge in [-0.25, -0.2) is 9.59 Å². The quantitative estimate of drug-likeness (QED) is 0.268. The molecular weight excluding hydrogens is 412 g/mol. The Kier molecular flexibility index (Phi) is 10.9. The highest BCUT2D eigenvalue weighted by molar-refractivity contribution is 6.00. The molecule has 1 fully saturated rings. The van der Waals surface area contributed by atoms with Gasteiger partial charge in [0.2, 0.25) is 0 Å². The number of hydrogen-bond acceptors (Lipinski definition) is 6. The molecule has 0 amide bonds. The molecule has 32 heavy (non-hydrogen) atoms. The van der Waals surface area contributed by atoms with Crippen LogP contribution < -0.4 is 0 Å². The van der Waals surface area contributed by atoms with E-state index >= 15 is 0 Å². The molecule has 1 saturated carbocycles. The van der Waals surface area contributed by atoms with E-state index in [0.717, 1.165) is 38.2 Å². The first kappa shape index (κ1) is 25.6. The summed E-state index contributed by atoms with van der Waals surface area (Å²) in [4.78, 5) is 48.6. The van der Waals surface area contributed by atoms with Gasteiger partial charge >= 0.3 is 23.9 Å². The van der Waals surface area contributed by atoms with E-state index in [4.69, 9.17) is 14.6 Å². The van der Waals surface area contributed by atoms with Crippen LogP contribution in [0.3, 0.4) is 0 Å². The van der Waals surface area contributed by atoms with Crippen molar-refractivity contribution in [2.45, 2.75) is 77.6 Å². The molecule has 1 aliphatic carbocycles. The third-order valence-electron chi connectivity index (χ3n) is 5.90. The molecule has 2 rings (SSSR count). The van der Waals surface area contributed by atoms with Crippen molar-refractivity contribution in [3.63, 3.8) is 0 Å². The van der Waals surface area contributed by atoms with Gasteiger partial charge in [0.15, 0.2) is 0 Å². The van der Waals surface area contributed by atoms with Crippen molar-refractivity contribution in [3.8, 4) is 0 Å². The highest BCUT2D eigenvalue weighted by Gasteiger charge is 2.38. The molecule has 0 aliphatic heterocycles. The topological polar surface area (TPSA) is 107 Å². The summed E-state index contributed by atoms with van der Waals surface area (Å²) in [7, 11) is 0. The summed E-state index contributed by atoms with van der Waals surface area (Å²) in [6.07, 6.45) is 10.4. The number of carboxylic acid groups (broad SMARTS) is 1. The minimum atomic E-state index is -1.18. The normalized spacial score (nSPS) is 18.0. The number of carbonyl (C=O) groups is 4. The van der Waals surface area contributed by atoms with Crippen LogP contribution in [-0.2, 0) is 19.1 Å². The van der Waals surface area contributed by atoms with Crippen LogP contribution in [0.4, 0.5) is 0 Å². The van der Waals surface area contributed by atoms with Crippen LogP contribution >= 0.6 is 0 Å². The zero-order chi connectivity index (χ0) is 23.3.